The van der Waals surface area contributed by atoms with Gasteiger partial charge in [0.25, 0.3) is 5.91 Å². The van der Waals surface area contributed by atoms with Gasteiger partial charge in [0.05, 0.1) is 24.5 Å². The summed E-state index contributed by atoms with van der Waals surface area (Å²) in [4.78, 5) is 28.0. The molecule has 156 valence electrons. The van der Waals surface area contributed by atoms with Crippen molar-refractivity contribution < 1.29 is 9.53 Å². The van der Waals surface area contributed by atoms with E-state index in [1.165, 1.54) is 0 Å². The molecule has 1 amide bonds. The van der Waals surface area contributed by atoms with E-state index in [1.54, 1.807) is 0 Å². The van der Waals surface area contributed by atoms with E-state index < -0.39 is 0 Å². The van der Waals surface area contributed by atoms with E-state index in [0.717, 1.165) is 67.2 Å². The first kappa shape index (κ1) is 19.1. The zero-order valence-corrected chi connectivity index (χ0v) is 17.3. The van der Waals surface area contributed by atoms with Gasteiger partial charge in [0.2, 0.25) is 0 Å². The van der Waals surface area contributed by atoms with Crippen molar-refractivity contribution in [2.24, 2.45) is 0 Å². The normalized spacial score (nSPS) is 18.2. The van der Waals surface area contributed by atoms with Gasteiger partial charge in [0.1, 0.15) is 5.82 Å². The Morgan fingerprint density at radius 3 is 2.60 bits per heavy atom. The fraction of sp³-hybridized carbons (Fsp3) is 0.391. The van der Waals surface area contributed by atoms with E-state index in [4.69, 9.17) is 9.72 Å². The lowest BCUT2D eigenvalue weighted by Gasteiger charge is -2.34. The zero-order valence-electron chi connectivity index (χ0n) is 17.3. The second-order valence-corrected chi connectivity index (χ2v) is 8.04. The molecular formula is C23H27N5O2. The van der Waals surface area contributed by atoms with Crippen LogP contribution in [0.25, 0.3) is 22.2 Å². The molecule has 2 fully saturated rings. The number of hydrogen-bond acceptors (Lipinski definition) is 5. The number of piperazine rings is 1. The molecule has 0 bridgehead atoms. The number of carbonyl (C=O) groups excluding carboxylic acids is 1. The zero-order chi connectivity index (χ0) is 20.5. The Bertz CT molecular complexity index is 1050. The molecule has 4 heterocycles. The number of likely N-dealkylation sites (N-methyl/N-ethyl adjacent to an activating group) is 1. The van der Waals surface area contributed by atoms with E-state index in [9.17, 15) is 4.79 Å². The fourth-order valence-corrected chi connectivity index (χ4v) is 4.18. The summed E-state index contributed by atoms with van der Waals surface area (Å²) in [5.74, 6) is 0.846. The molecule has 0 radical (unpaired) electrons. The molecule has 2 aliphatic heterocycles. The molecule has 7 nitrogen and oxygen atoms in total. The minimum atomic E-state index is 0.0738. The molecule has 1 aromatic carbocycles. The van der Waals surface area contributed by atoms with Crippen LogP contribution in [0.2, 0.25) is 0 Å². The van der Waals surface area contributed by atoms with Crippen LogP contribution in [0.3, 0.4) is 0 Å². The van der Waals surface area contributed by atoms with Crippen molar-refractivity contribution in [2.75, 3.05) is 64.4 Å². The number of benzene rings is 1. The van der Waals surface area contributed by atoms with E-state index in [2.05, 4.69) is 46.1 Å². The number of nitrogens with one attached hydrogen (secondary N) is 1. The van der Waals surface area contributed by atoms with Crippen molar-refractivity contribution in [3.63, 3.8) is 0 Å². The van der Waals surface area contributed by atoms with E-state index in [-0.39, 0.29) is 5.91 Å². The predicted octanol–water partition coefficient (Wildman–Crippen LogP) is 2.45. The average molecular weight is 406 g/mol. The molecule has 2 aliphatic rings. The summed E-state index contributed by atoms with van der Waals surface area (Å²) in [6, 6.07) is 12.3. The quantitative estimate of drug-likeness (QED) is 0.725. The van der Waals surface area contributed by atoms with Crippen molar-refractivity contribution in [3.8, 4) is 11.3 Å². The third-order valence-corrected chi connectivity index (χ3v) is 6.06. The Labute approximate surface area is 176 Å². The monoisotopic (exact) mass is 405 g/mol. The van der Waals surface area contributed by atoms with Crippen LogP contribution in [0.4, 0.5) is 5.82 Å². The topological polar surface area (TPSA) is 64.7 Å². The summed E-state index contributed by atoms with van der Waals surface area (Å²) in [5, 5.41) is 1.15. The van der Waals surface area contributed by atoms with E-state index in [0.29, 0.717) is 18.8 Å². The highest BCUT2D eigenvalue weighted by Gasteiger charge is 2.26. The molecule has 0 saturated carbocycles. The number of rotatable bonds is 3. The van der Waals surface area contributed by atoms with Crippen LogP contribution in [-0.2, 0) is 4.74 Å². The lowest BCUT2D eigenvalue weighted by atomic mass is 10.1. The van der Waals surface area contributed by atoms with Crippen LogP contribution in [0, 0.1) is 0 Å². The maximum atomic E-state index is 13.4. The minimum absolute atomic E-state index is 0.0738. The summed E-state index contributed by atoms with van der Waals surface area (Å²) in [6.45, 7) is 6.12. The highest BCUT2D eigenvalue weighted by molar-refractivity contribution is 5.99. The van der Waals surface area contributed by atoms with Gasteiger partial charge in [-0.2, -0.15) is 0 Å². The van der Waals surface area contributed by atoms with Crippen molar-refractivity contribution in [1.29, 1.82) is 0 Å². The van der Waals surface area contributed by atoms with Crippen LogP contribution in [0.15, 0.2) is 42.6 Å². The Kier molecular flexibility index (Phi) is 5.14. The maximum absolute atomic E-state index is 13.4. The number of amides is 1. The standard InChI is InChI=1S/C23H27N5O2/c1-26-8-10-28(11-9-26)23(29)19-3-5-21(25-22(19)27-12-14-30-15-13-27)17-2-4-20-18(16-17)6-7-24-20/h2-7,16,24H,8-15H2,1H3. The second kappa shape index (κ2) is 8.08. The van der Waals surface area contributed by atoms with Crippen LogP contribution in [0.5, 0.6) is 0 Å². The molecule has 1 N–H and O–H groups in total. The number of aromatic nitrogens is 2. The summed E-state index contributed by atoms with van der Waals surface area (Å²) in [6.07, 6.45) is 1.94. The first-order valence-corrected chi connectivity index (χ1v) is 10.6. The third kappa shape index (κ3) is 3.66. The van der Waals surface area contributed by atoms with Crippen molar-refractivity contribution in [1.82, 2.24) is 19.8 Å². The van der Waals surface area contributed by atoms with Crippen LogP contribution in [-0.4, -0.2) is 85.2 Å². The number of fused-ring (bicyclic) bond motifs is 1. The molecule has 0 unspecified atom stereocenters. The van der Waals surface area contributed by atoms with Crippen LogP contribution in [0.1, 0.15) is 10.4 Å². The number of anilines is 1. The van der Waals surface area contributed by atoms with Gasteiger partial charge in [-0.15, -0.1) is 0 Å². The van der Waals surface area contributed by atoms with Gasteiger partial charge in [0.15, 0.2) is 0 Å². The van der Waals surface area contributed by atoms with Crippen molar-refractivity contribution >= 4 is 22.6 Å². The highest BCUT2D eigenvalue weighted by Crippen LogP contribution is 2.28. The van der Waals surface area contributed by atoms with Gasteiger partial charge < -0.3 is 24.4 Å². The van der Waals surface area contributed by atoms with Gasteiger partial charge in [-0.1, -0.05) is 6.07 Å². The van der Waals surface area contributed by atoms with Crippen molar-refractivity contribution in [2.45, 2.75) is 0 Å². The first-order valence-electron chi connectivity index (χ1n) is 10.6. The van der Waals surface area contributed by atoms with Gasteiger partial charge in [-0.25, -0.2) is 4.98 Å². The van der Waals surface area contributed by atoms with Gasteiger partial charge in [0, 0.05) is 61.9 Å². The van der Waals surface area contributed by atoms with Gasteiger partial charge >= 0.3 is 0 Å². The fourth-order valence-electron chi connectivity index (χ4n) is 4.18. The Hall–Kier alpha value is -2.90. The van der Waals surface area contributed by atoms with Crippen molar-refractivity contribution in [3.05, 3.63) is 48.2 Å². The van der Waals surface area contributed by atoms with Gasteiger partial charge in [-0.05, 0) is 37.4 Å². The first-order chi connectivity index (χ1) is 14.7. The number of nitrogens with zero attached hydrogens (tertiary/aromatic N) is 4. The third-order valence-electron chi connectivity index (χ3n) is 6.06. The number of pyridine rings is 1. The smallest absolute Gasteiger partial charge is 0.257 e. The molecule has 7 heteroatoms. The Balaban J connectivity index is 1.52. The largest absolute Gasteiger partial charge is 0.378 e. The Morgan fingerprint density at radius 2 is 1.80 bits per heavy atom. The molecule has 0 atom stereocenters. The Morgan fingerprint density at radius 1 is 1.00 bits per heavy atom. The minimum Gasteiger partial charge on any atom is -0.378 e. The molecule has 0 spiro atoms. The molecular weight excluding hydrogens is 378 g/mol. The summed E-state index contributed by atoms with van der Waals surface area (Å²) in [5.41, 5.74) is 3.73. The van der Waals surface area contributed by atoms with E-state index >= 15 is 0 Å². The molecule has 5 rings (SSSR count). The SMILES string of the molecule is CN1CCN(C(=O)c2ccc(-c3ccc4[nH]ccc4c3)nc2N2CCOCC2)CC1. The lowest BCUT2D eigenvalue weighted by molar-refractivity contribution is 0.0663. The number of hydrogen-bond donors (Lipinski definition) is 1. The molecule has 0 aliphatic carbocycles. The number of carbonyl (C=O) groups is 1. The number of aromatic amines is 1. The molecule has 2 saturated heterocycles. The highest BCUT2D eigenvalue weighted by atomic mass is 16.5. The second-order valence-electron chi connectivity index (χ2n) is 8.04. The molecule has 3 aromatic rings. The predicted molar refractivity (Wildman–Crippen MR) is 118 cm³/mol. The lowest BCUT2D eigenvalue weighted by Crippen LogP contribution is -2.47. The average Bonchev–Trinajstić information content (AvgIpc) is 3.27. The van der Waals surface area contributed by atoms with Crippen LogP contribution < -0.4 is 4.90 Å². The molecule has 2 aromatic heterocycles. The summed E-state index contributed by atoms with van der Waals surface area (Å²) in [7, 11) is 2.10. The summed E-state index contributed by atoms with van der Waals surface area (Å²) >= 11 is 0. The maximum Gasteiger partial charge on any atom is 0.257 e. The summed E-state index contributed by atoms with van der Waals surface area (Å²) < 4.78 is 5.53. The van der Waals surface area contributed by atoms with E-state index in [1.807, 2.05) is 23.2 Å². The number of ether oxygens (including phenoxy) is 1. The van der Waals surface area contributed by atoms with Gasteiger partial charge in [-0.3, -0.25) is 4.79 Å². The molecule has 30 heavy (non-hydrogen) atoms. The van der Waals surface area contributed by atoms with Crippen LogP contribution >= 0.6 is 0 Å². The number of morpholine rings is 1. The number of H-pyrrole nitrogens is 1.